The van der Waals surface area contributed by atoms with Gasteiger partial charge in [-0.05, 0) is 63.3 Å². The first kappa shape index (κ1) is 19.6. The van der Waals surface area contributed by atoms with Gasteiger partial charge in [0.15, 0.2) is 5.76 Å². The first-order valence-corrected chi connectivity index (χ1v) is 10.6. The molecule has 0 fully saturated rings. The van der Waals surface area contributed by atoms with Gasteiger partial charge in [-0.3, -0.25) is 4.79 Å². The number of benzene rings is 1. The average molecular weight is 391 g/mol. The van der Waals surface area contributed by atoms with Gasteiger partial charge in [0, 0.05) is 18.0 Å². The topological polar surface area (TPSA) is 88.4 Å². The predicted molar refractivity (Wildman–Crippen MR) is 103 cm³/mol. The lowest BCUT2D eigenvalue weighted by atomic mass is 9.83. The molecule has 1 atom stereocenters. The highest BCUT2D eigenvalue weighted by Gasteiger charge is 2.26. The molecule has 0 saturated carbocycles. The van der Waals surface area contributed by atoms with Crippen molar-refractivity contribution in [2.24, 2.45) is 0 Å². The molecule has 0 bridgehead atoms. The van der Waals surface area contributed by atoms with Crippen LogP contribution >= 0.6 is 0 Å². The third kappa shape index (κ3) is 4.78. The number of hydrogen-bond donors (Lipinski definition) is 2. The molecule has 0 aliphatic heterocycles. The van der Waals surface area contributed by atoms with Crippen LogP contribution in [0.3, 0.4) is 0 Å². The summed E-state index contributed by atoms with van der Waals surface area (Å²) in [6, 6.07) is 11.0. The average Bonchev–Trinajstić information content (AvgIpc) is 3.09. The SMILES string of the molecule is CC(C)(C)NS(=O)(=O)c1ccc(C(=O)NCC2CCCc3ccccc32)o1. The van der Waals surface area contributed by atoms with Gasteiger partial charge >= 0.3 is 0 Å². The van der Waals surface area contributed by atoms with Crippen LogP contribution in [0.4, 0.5) is 0 Å². The number of carbonyl (C=O) groups excluding carboxylic acids is 1. The lowest BCUT2D eigenvalue weighted by Crippen LogP contribution is -2.40. The van der Waals surface area contributed by atoms with Gasteiger partial charge in [-0.1, -0.05) is 24.3 Å². The van der Waals surface area contributed by atoms with Crippen molar-refractivity contribution in [2.75, 3.05) is 6.54 Å². The molecule has 146 valence electrons. The fraction of sp³-hybridized carbons (Fsp3) is 0.450. The maximum atomic E-state index is 12.4. The van der Waals surface area contributed by atoms with Gasteiger partial charge < -0.3 is 9.73 Å². The van der Waals surface area contributed by atoms with Gasteiger partial charge in [0.25, 0.3) is 15.9 Å². The number of carbonyl (C=O) groups is 1. The molecule has 6 nitrogen and oxygen atoms in total. The number of fused-ring (bicyclic) bond motifs is 1. The lowest BCUT2D eigenvalue weighted by Gasteiger charge is -2.25. The quantitative estimate of drug-likeness (QED) is 0.820. The monoisotopic (exact) mass is 390 g/mol. The summed E-state index contributed by atoms with van der Waals surface area (Å²) in [6.07, 6.45) is 3.19. The summed E-state index contributed by atoms with van der Waals surface area (Å²) in [4.78, 5) is 12.4. The van der Waals surface area contributed by atoms with Crippen LogP contribution in [0.15, 0.2) is 45.9 Å². The summed E-state index contributed by atoms with van der Waals surface area (Å²) in [5.41, 5.74) is 1.98. The third-order valence-electron chi connectivity index (χ3n) is 4.51. The number of nitrogens with one attached hydrogen (secondary N) is 2. The molecule has 7 heteroatoms. The lowest BCUT2D eigenvalue weighted by molar-refractivity contribution is 0.0917. The van der Waals surface area contributed by atoms with Crippen molar-refractivity contribution in [1.29, 1.82) is 0 Å². The van der Waals surface area contributed by atoms with E-state index in [2.05, 4.69) is 22.2 Å². The van der Waals surface area contributed by atoms with E-state index in [4.69, 9.17) is 4.42 Å². The molecular weight excluding hydrogens is 364 g/mol. The molecule has 1 unspecified atom stereocenters. The van der Waals surface area contributed by atoms with Crippen molar-refractivity contribution in [3.63, 3.8) is 0 Å². The molecule has 1 aromatic carbocycles. The van der Waals surface area contributed by atoms with E-state index < -0.39 is 21.5 Å². The van der Waals surface area contributed by atoms with Crippen LogP contribution in [-0.2, 0) is 16.4 Å². The minimum Gasteiger partial charge on any atom is -0.438 e. The minimum atomic E-state index is -3.80. The molecule has 1 aliphatic rings. The Morgan fingerprint density at radius 2 is 1.93 bits per heavy atom. The van der Waals surface area contributed by atoms with Gasteiger partial charge in [-0.15, -0.1) is 0 Å². The highest BCUT2D eigenvalue weighted by atomic mass is 32.2. The van der Waals surface area contributed by atoms with E-state index in [0.717, 1.165) is 19.3 Å². The predicted octanol–water partition coefficient (Wildman–Crippen LogP) is 3.21. The first-order chi connectivity index (χ1) is 12.7. The van der Waals surface area contributed by atoms with Crippen LogP contribution in [0.2, 0.25) is 0 Å². The molecule has 3 rings (SSSR count). The van der Waals surface area contributed by atoms with Gasteiger partial charge in [0.1, 0.15) is 0 Å². The zero-order valence-electron chi connectivity index (χ0n) is 15.9. The maximum Gasteiger partial charge on any atom is 0.287 e. The number of rotatable bonds is 5. The van der Waals surface area contributed by atoms with Crippen LogP contribution in [0.25, 0.3) is 0 Å². The largest absolute Gasteiger partial charge is 0.438 e. The van der Waals surface area contributed by atoms with Gasteiger partial charge in [-0.25, -0.2) is 13.1 Å². The zero-order chi connectivity index (χ0) is 19.7. The van der Waals surface area contributed by atoms with E-state index in [0.29, 0.717) is 6.54 Å². The van der Waals surface area contributed by atoms with Crippen molar-refractivity contribution in [3.05, 3.63) is 53.3 Å². The normalized spacial score (nSPS) is 17.4. The van der Waals surface area contributed by atoms with Crippen molar-refractivity contribution < 1.29 is 17.6 Å². The molecule has 0 radical (unpaired) electrons. The van der Waals surface area contributed by atoms with Crippen LogP contribution in [0, 0.1) is 0 Å². The summed E-state index contributed by atoms with van der Waals surface area (Å²) < 4.78 is 32.4. The van der Waals surface area contributed by atoms with Gasteiger partial charge in [0.2, 0.25) is 5.09 Å². The van der Waals surface area contributed by atoms with E-state index in [1.54, 1.807) is 20.8 Å². The van der Waals surface area contributed by atoms with E-state index in [1.165, 1.54) is 23.3 Å². The molecular formula is C20H26N2O4S. The third-order valence-corrected chi connectivity index (χ3v) is 6.14. The molecule has 2 N–H and O–H groups in total. The summed E-state index contributed by atoms with van der Waals surface area (Å²) >= 11 is 0. The highest BCUT2D eigenvalue weighted by molar-refractivity contribution is 7.89. The smallest absolute Gasteiger partial charge is 0.287 e. The Morgan fingerprint density at radius 1 is 1.19 bits per heavy atom. The maximum absolute atomic E-state index is 12.4. The number of furan rings is 1. The first-order valence-electron chi connectivity index (χ1n) is 9.15. The van der Waals surface area contributed by atoms with Gasteiger partial charge in [-0.2, -0.15) is 0 Å². The molecule has 1 amide bonds. The molecule has 1 aliphatic carbocycles. The number of sulfonamides is 1. The molecule has 1 heterocycles. The van der Waals surface area contributed by atoms with Crippen molar-refractivity contribution in [1.82, 2.24) is 10.0 Å². The van der Waals surface area contributed by atoms with Crippen molar-refractivity contribution in [3.8, 4) is 0 Å². The Bertz CT molecular complexity index is 925. The fourth-order valence-electron chi connectivity index (χ4n) is 3.41. The second-order valence-electron chi connectivity index (χ2n) is 7.97. The summed E-state index contributed by atoms with van der Waals surface area (Å²) in [7, 11) is -3.80. The molecule has 1 aromatic heterocycles. The van der Waals surface area contributed by atoms with E-state index in [-0.39, 0.29) is 16.8 Å². The van der Waals surface area contributed by atoms with Crippen LogP contribution in [0.1, 0.15) is 61.2 Å². The molecule has 0 saturated heterocycles. The molecule has 2 aromatic rings. The van der Waals surface area contributed by atoms with E-state index in [9.17, 15) is 13.2 Å². The Morgan fingerprint density at radius 3 is 2.67 bits per heavy atom. The summed E-state index contributed by atoms with van der Waals surface area (Å²) in [6.45, 7) is 5.72. The van der Waals surface area contributed by atoms with Crippen LogP contribution in [-0.4, -0.2) is 26.4 Å². The van der Waals surface area contributed by atoms with Crippen LogP contribution in [0.5, 0.6) is 0 Å². The number of hydrogen-bond acceptors (Lipinski definition) is 4. The molecule has 0 spiro atoms. The summed E-state index contributed by atoms with van der Waals surface area (Å²) in [5.74, 6) is -0.150. The van der Waals surface area contributed by atoms with Crippen molar-refractivity contribution >= 4 is 15.9 Å². The zero-order valence-corrected chi connectivity index (χ0v) is 16.7. The fourth-order valence-corrected chi connectivity index (χ4v) is 4.76. The number of amides is 1. The Hall–Kier alpha value is -2.12. The second-order valence-corrected chi connectivity index (χ2v) is 9.59. The van der Waals surface area contributed by atoms with Crippen LogP contribution < -0.4 is 10.0 Å². The van der Waals surface area contributed by atoms with E-state index >= 15 is 0 Å². The van der Waals surface area contributed by atoms with Crippen molar-refractivity contribution in [2.45, 2.75) is 56.6 Å². The summed E-state index contributed by atoms with van der Waals surface area (Å²) in [5, 5.41) is 2.62. The van der Waals surface area contributed by atoms with Gasteiger partial charge in [0.05, 0.1) is 0 Å². The standard InChI is InChI=1S/C20H26N2O4S/c1-20(2,3)22-27(24,25)18-12-11-17(26-18)19(23)21-13-15-9-6-8-14-7-4-5-10-16(14)15/h4-5,7,10-12,15,22H,6,8-9,13H2,1-3H3,(H,21,23). The van der Waals surface area contributed by atoms with E-state index in [1.807, 2.05) is 12.1 Å². The molecule has 27 heavy (non-hydrogen) atoms. The highest BCUT2D eigenvalue weighted by Crippen LogP contribution is 2.30. The Balaban J connectivity index is 1.66. The number of aryl methyl sites for hydroxylation is 1. The minimum absolute atomic E-state index is 0.00613. The second kappa shape index (κ2) is 7.48. The Kier molecular flexibility index (Phi) is 5.44. The Labute approximate surface area is 160 Å².